The van der Waals surface area contributed by atoms with Gasteiger partial charge in [0.2, 0.25) is 5.91 Å². The maximum Gasteiger partial charge on any atom is 0.270 e. The molecule has 24 heavy (non-hydrogen) atoms. The van der Waals surface area contributed by atoms with Crippen molar-refractivity contribution >= 4 is 17.7 Å². The summed E-state index contributed by atoms with van der Waals surface area (Å²) in [6.07, 6.45) is 1.11. The minimum Gasteiger partial charge on any atom is -0.339 e. The van der Waals surface area contributed by atoms with E-state index < -0.39 is 0 Å². The quantitative estimate of drug-likeness (QED) is 0.799. The highest BCUT2D eigenvalue weighted by atomic mass is 32.2. The number of hydrogen-bond donors (Lipinski definition) is 1. The molecule has 0 unspecified atom stereocenters. The molecule has 1 amide bonds. The molecule has 3 rings (SSSR count). The summed E-state index contributed by atoms with van der Waals surface area (Å²) in [5.41, 5.74) is 0.980. The van der Waals surface area contributed by atoms with Crippen molar-refractivity contribution in [3.05, 3.63) is 52.4 Å². The second-order valence-electron chi connectivity index (χ2n) is 5.57. The van der Waals surface area contributed by atoms with Gasteiger partial charge in [0, 0.05) is 32.7 Å². The molecule has 0 atom stereocenters. The van der Waals surface area contributed by atoms with Crippen molar-refractivity contribution in [2.24, 2.45) is 0 Å². The van der Waals surface area contributed by atoms with E-state index in [1.165, 1.54) is 17.3 Å². The number of H-pyrrole nitrogens is 1. The predicted molar refractivity (Wildman–Crippen MR) is 91.7 cm³/mol. The van der Waals surface area contributed by atoms with Gasteiger partial charge in [0.15, 0.2) is 5.16 Å². The molecule has 0 saturated carbocycles. The first-order chi connectivity index (χ1) is 11.7. The fourth-order valence-corrected chi connectivity index (χ4v) is 3.30. The largest absolute Gasteiger partial charge is 0.339 e. The fraction of sp³-hybridized carbons (Fsp3) is 0.375. The third kappa shape index (κ3) is 4.65. The topological polar surface area (TPSA) is 82.2 Å². The zero-order chi connectivity index (χ0) is 16.8. The number of nitrogens with zero attached hydrogens (tertiary/aromatic N) is 4. The number of hydrogen-bond acceptors (Lipinski definition) is 6. The van der Waals surface area contributed by atoms with E-state index in [1.807, 2.05) is 23.1 Å². The predicted octanol–water partition coefficient (Wildman–Crippen LogP) is 0.601. The molecular weight excluding hydrogens is 326 g/mol. The Labute approximate surface area is 144 Å². The number of piperazine rings is 1. The van der Waals surface area contributed by atoms with Crippen molar-refractivity contribution in [3.63, 3.8) is 0 Å². The van der Waals surface area contributed by atoms with E-state index in [0.717, 1.165) is 38.9 Å². The molecule has 1 saturated heterocycles. The standard InChI is InChI=1S/C16H19N5O2S/c22-14-10-17-19-16(18-14)24-12-15(23)21-8-6-20(7-9-21)11-13-4-2-1-3-5-13/h1-5,10H,6-9,11-12H2,(H,18,19,22). The molecule has 0 bridgehead atoms. The fourth-order valence-electron chi connectivity index (χ4n) is 2.58. The molecule has 1 aliphatic rings. The molecule has 0 radical (unpaired) electrons. The van der Waals surface area contributed by atoms with Gasteiger partial charge in [0.05, 0.1) is 5.75 Å². The van der Waals surface area contributed by atoms with Crippen LogP contribution in [-0.4, -0.2) is 62.8 Å². The first kappa shape index (κ1) is 16.7. The van der Waals surface area contributed by atoms with Crippen molar-refractivity contribution in [2.45, 2.75) is 11.7 Å². The van der Waals surface area contributed by atoms with Gasteiger partial charge in [-0.2, -0.15) is 5.10 Å². The molecule has 1 fully saturated rings. The molecule has 1 aromatic heterocycles. The van der Waals surface area contributed by atoms with E-state index in [2.05, 4.69) is 32.2 Å². The summed E-state index contributed by atoms with van der Waals surface area (Å²) >= 11 is 1.21. The maximum absolute atomic E-state index is 12.3. The minimum atomic E-state index is -0.311. The number of thioether (sulfide) groups is 1. The van der Waals surface area contributed by atoms with Gasteiger partial charge in [-0.3, -0.25) is 19.5 Å². The van der Waals surface area contributed by atoms with Crippen LogP contribution in [-0.2, 0) is 11.3 Å². The molecule has 2 aromatic rings. The Bertz CT molecular complexity index is 729. The maximum atomic E-state index is 12.3. The molecule has 1 N–H and O–H groups in total. The van der Waals surface area contributed by atoms with Gasteiger partial charge in [-0.25, -0.2) is 0 Å². The van der Waals surface area contributed by atoms with Crippen LogP contribution < -0.4 is 5.56 Å². The Balaban J connectivity index is 1.44. The second-order valence-corrected chi connectivity index (χ2v) is 6.53. The monoisotopic (exact) mass is 345 g/mol. The zero-order valence-electron chi connectivity index (χ0n) is 13.2. The van der Waals surface area contributed by atoms with Crippen molar-refractivity contribution in [2.75, 3.05) is 31.9 Å². The SMILES string of the molecule is O=C(CSc1nncc(=O)[nH]1)N1CCN(Cc2ccccc2)CC1. The second kappa shape index (κ2) is 8.07. The molecule has 126 valence electrons. The third-order valence-corrected chi connectivity index (χ3v) is 4.71. The molecule has 7 nitrogen and oxygen atoms in total. The third-order valence-electron chi connectivity index (χ3n) is 3.86. The van der Waals surface area contributed by atoms with E-state index in [9.17, 15) is 9.59 Å². The summed E-state index contributed by atoms with van der Waals surface area (Å²) in [6.45, 7) is 4.10. The normalized spacial score (nSPS) is 15.4. The van der Waals surface area contributed by atoms with Gasteiger partial charge in [0.1, 0.15) is 6.20 Å². The first-order valence-corrected chi connectivity index (χ1v) is 8.78. The Morgan fingerprint density at radius 1 is 1.17 bits per heavy atom. The van der Waals surface area contributed by atoms with Crippen LogP contribution in [0.4, 0.5) is 0 Å². The van der Waals surface area contributed by atoms with Crippen molar-refractivity contribution in [3.8, 4) is 0 Å². The highest BCUT2D eigenvalue weighted by molar-refractivity contribution is 7.99. The van der Waals surface area contributed by atoms with Crippen LogP contribution in [0.25, 0.3) is 0 Å². The van der Waals surface area contributed by atoms with Crippen molar-refractivity contribution in [1.82, 2.24) is 25.0 Å². The summed E-state index contributed by atoms with van der Waals surface area (Å²) in [5.74, 6) is 0.318. The number of amides is 1. The van der Waals surface area contributed by atoms with Gasteiger partial charge >= 0.3 is 0 Å². The lowest BCUT2D eigenvalue weighted by Gasteiger charge is -2.34. The highest BCUT2D eigenvalue weighted by Crippen LogP contribution is 2.13. The van der Waals surface area contributed by atoms with E-state index in [-0.39, 0.29) is 17.2 Å². The van der Waals surface area contributed by atoms with Crippen LogP contribution >= 0.6 is 11.8 Å². The number of benzene rings is 1. The number of carbonyl (C=O) groups is 1. The first-order valence-electron chi connectivity index (χ1n) is 7.79. The van der Waals surface area contributed by atoms with Crippen molar-refractivity contribution in [1.29, 1.82) is 0 Å². The Morgan fingerprint density at radius 3 is 2.62 bits per heavy atom. The van der Waals surface area contributed by atoms with E-state index in [4.69, 9.17) is 0 Å². The lowest BCUT2D eigenvalue weighted by atomic mass is 10.2. The van der Waals surface area contributed by atoms with Crippen LogP contribution in [0.15, 0.2) is 46.5 Å². The summed E-state index contributed by atoms with van der Waals surface area (Å²) in [4.78, 5) is 30.2. The zero-order valence-corrected chi connectivity index (χ0v) is 14.0. The molecule has 0 aliphatic carbocycles. The Kier molecular flexibility index (Phi) is 5.60. The molecular formula is C16H19N5O2S. The average molecular weight is 345 g/mol. The van der Waals surface area contributed by atoms with E-state index in [1.54, 1.807) is 0 Å². The van der Waals surface area contributed by atoms with Crippen LogP contribution in [0, 0.1) is 0 Å². The van der Waals surface area contributed by atoms with Gasteiger partial charge in [-0.05, 0) is 5.56 Å². The van der Waals surface area contributed by atoms with Gasteiger partial charge in [-0.1, -0.05) is 42.1 Å². The van der Waals surface area contributed by atoms with Crippen LogP contribution in [0.3, 0.4) is 0 Å². The lowest BCUT2D eigenvalue weighted by molar-refractivity contribution is -0.130. The number of carbonyl (C=O) groups excluding carboxylic acids is 1. The van der Waals surface area contributed by atoms with E-state index in [0.29, 0.717) is 5.16 Å². The molecule has 2 heterocycles. The number of nitrogens with one attached hydrogen (secondary N) is 1. The summed E-state index contributed by atoms with van der Waals surface area (Å²) < 4.78 is 0. The van der Waals surface area contributed by atoms with Crippen LogP contribution in [0.2, 0.25) is 0 Å². The van der Waals surface area contributed by atoms with Gasteiger partial charge in [0.25, 0.3) is 5.56 Å². The average Bonchev–Trinajstić information content (AvgIpc) is 2.61. The smallest absolute Gasteiger partial charge is 0.270 e. The van der Waals surface area contributed by atoms with Crippen LogP contribution in [0.1, 0.15) is 5.56 Å². The number of aromatic amines is 1. The molecule has 0 spiro atoms. The van der Waals surface area contributed by atoms with Gasteiger partial charge < -0.3 is 4.90 Å². The molecule has 1 aliphatic heterocycles. The van der Waals surface area contributed by atoms with Crippen LogP contribution in [0.5, 0.6) is 0 Å². The van der Waals surface area contributed by atoms with Crippen molar-refractivity contribution < 1.29 is 4.79 Å². The lowest BCUT2D eigenvalue weighted by Crippen LogP contribution is -2.48. The number of aromatic nitrogens is 3. The molecule has 8 heteroatoms. The Hall–Kier alpha value is -2.19. The highest BCUT2D eigenvalue weighted by Gasteiger charge is 2.21. The van der Waals surface area contributed by atoms with E-state index >= 15 is 0 Å². The minimum absolute atomic E-state index is 0.0610. The summed E-state index contributed by atoms with van der Waals surface area (Å²) in [7, 11) is 0. The number of rotatable bonds is 5. The van der Waals surface area contributed by atoms with Gasteiger partial charge in [-0.15, -0.1) is 5.10 Å². The summed E-state index contributed by atoms with van der Waals surface area (Å²) in [5, 5.41) is 7.75. The summed E-state index contributed by atoms with van der Waals surface area (Å²) in [6, 6.07) is 10.3. The Morgan fingerprint density at radius 2 is 1.92 bits per heavy atom. The molecule has 1 aromatic carbocycles.